The van der Waals surface area contributed by atoms with Crippen molar-refractivity contribution in [1.29, 1.82) is 0 Å². The summed E-state index contributed by atoms with van der Waals surface area (Å²) in [5.41, 5.74) is 1.12. The summed E-state index contributed by atoms with van der Waals surface area (Å²) < 4.78 is 5.13. The normalized spacial score (nSPS) is 11.0. The fourth-order valence-corrected chi connectivity index (χ4v) is 1.94. The standard InChI is InChI=1S/C16H23NO5/c1-16(2,3)22-15(21)17-9-8-12-10-13(18)6-4-11(12)5-7-14(19)20/h4,6,10,18H,5,7-9H2,1-3H3,(H,17,21)(H,19,20). The number of amides is 1. The maximum atomic E-state index is 11.6. The van der Waals surface area contributed by atoms with Crippen molar-refractivity contribution in [2.45, 2.75) is 45.6 Å². The molecule has 0 aliphatic carbocycles. The molecule has 1 rings (SSSR count). The minimum absolute atomic E-state index is 0.0251. The third-order valence-electron chi connectivity index (χ3n) is 2.86. The molecule has 0 aromatic heterocycles. The Labute approximate surface area is 130 Å². The first-order valence-corrected chi connectivity index (χ1v) is 7.17. The molecule has 22 heavy (non-hydrogen) atoms. The molecule has 0 heterocycles. The summed E-state index contributed by atoms with van der Waals surface area (Å²) in [5.74, 6) is -0.753. The van der Waals surface area contributed by atoms with Gasteiger partial charge in [0.2, 0.25) is 0 Å². The molecule has 1 aromatic carbocycles. The number of aliphatic carboxylic acids is 1. The molecule has 0 aliphatic heterocycles. The van der Waals surface area contributed by atoms with Crippen LogP contribution in [0.15, 0.2) is 18.2 Å². The van der Waals surface area contributed by atoms with Crippen LogP contribution < -0.4 is 5.32 Å². The Morgan fingerprint density at radius 3 is 2.45 bits per heavy atom. The molecule has 1 amide bonds. The molecule has 0 radical (unpaired) electrons. The van der Waals surface area contributed by atoms with Crippen LogP contribution in [0.25, 0.3) is 0 Å². The zero-order valence-electron chi connectivity index (χ0n) is 13.2. The zero-order valence-corrected chi connectivity index (χ0v) is 13.2. The van der Waals surface area contributed by atoms with E-state index in [1.54, 1.807) is 32.9 Å². The molecule has 0 spiro atoms. The van der Waals surface area contributed by atoms with Crippen LogP contribution in [0.4, 0.5) is 4.79 Å². The van der Waals surface area contributed by atoms with Gasteiger partial charge in [-0.15, -0.1) is 0 Å². The van der Waals surface area contributed by atoms with Gasteiger partial charge in [0.05, 0.1) is 0 Å². The molecule has 3 N–H and O–H groups in total. The van der Waals surface area contributed by atoms with Crippen LogP contribution in [0.2, 0.25) is 0 Å². The number of carbonyl (C=O) groups excluding carboxylic acids is 1. The van der Waals surface area contributed by atoms with E-state index in [1.807, 2.05) is 0 Å². The van der Waals surface area contributed by atoms with Gasteiger partial charge < -0.3 is 20.3 Å². The maximum Gasteiger partial charge on any atom is 0.407 e. The predicted molar refractivity (Wildman–Crippen MR) is 82.0 cm³/mol. The number of benzene rings is 1. The fraction of sp³-hybridized carbons (Fsp3) is 0.500. The Kier molecular flexibility index (Phi) is 6.22. The van der Waals surface area contributed by atoms with Crippen molar-refractivity contribution in [3.63, 3.8) is 0 Å². The van der Waals surface area contributed by atoms with Crippen molar-refractivity contribution in [2.75, 3.05) is 6.54 Å². The number of carboxylic acid groups (broad SMARTS) is 1. The van der Waals surface area contributed by atoms with E-state index < -0.39 is 17.7 Å². The molecule has 6 nitrogen and oxygen atoms in total. The molecular weight excluding hydrogens is 286 g/mol. The SMILES string of the molecule is CC(C)(C)OC(=O)NCCc1cc(O)ccc1CCC(=O)O. The van der Waals surface area contributed by atoms with Crippen LogP contribution >= 0.6 is 0 Å². The summed E-state index contributed by atoms with van der Waals surface area (Å²) in [4.78, 5) is 22.2. The van der Waals surface area contributed by atoms with E-state index in [4.69, 9.17) is 9.84 Å². The summed E-state index contributed by atoms with van der Waals surface area (Å²) in [5, 5.41) is 20.9. The minimum Gasteiger partial charge on any atom is -0.508 e. The Hall–Kier alpha value is -2.24. The first-order valence-electron chi connectivity index (χ1n) is 7.17. The molecule has 0 saturated heterocycles. The van der Waals surface area contributed by atoms with Crippen molar-refractivity contribution in [3.8, 4) is 5.75 Å². The quantitative estimate of drug-likeness (QED) is 0.750. The average Bonchev–Trinajstić information content (AvgIpc) is 2.35. The van der Waals surface area contributed by atoms with Gasteiger partial charge in [-0.3, -0.25) is 4.79 Å². The van der Waals surface area contributed by atoms with Gasteiger partial charge in [-0.05, 0) is 56.9 Å². The number of rotatable bonds is 6. The Morgan fingerprint density at radius 1 is 1.18 bits per heavy atom. The first-order chi connectivity index (χ1) is 10.2. The van der Waals surface area contributed by atoms with Crippen LogP contribution in [0.1, 0.15) is 38.3 Å². The number of aryl methyl sites for hydroxylation is 1. The van der Waals surface area contributed by atoms with Gasteiger partial charge in [0, 0.05) is 13.0 Å². The van der Waals surface area contributed by atoms with E-state index in [-0.39, 0.29) is 12.2 Å². The number of hydrogen-bond acceptors (Lipinski definition) is 4. The molecule has 0 fully saturated rings. The van der Waals surface area contributed by atoms with Gasteiger partial charge >= 0.3 is 12.1 Å². The largest absolute Gasteiger partial charge is 0.508 e. The van der Waals surface area contributed by atoms with Crippen LogP contribution in [-0.2, 0) is 22.4 Å². The van der Waals surface area contributed by atoms with E-state index in [0.717, 1.165) is 11.1 Å². The number of phenolic OH excluding ortho intramolecular Hbond substituents is 1. The molecule has 0 saturated carbocycles. The number of aromatic hydroxyl groups is 1. The molecule has 0 atom stereocenters. The molecule has 0 aliphatic rings. The van der Waals surface area contributed by atoms with Crippen LogP contribution in [-0.4, -0.2) is 34.4 Å². The molecule has 122 valence electrons. The van der Waals surface area contributed by atoms with E-state index in [9.17, 15) is 14.7 Å². The van der Waals surface area contributed by atoms with E-state index in [0.29, 0.717) is 19.4 Å². The number of carboxylic acids is 1. The number of phenols is 1. The highest BCUT2D eigenvalue weighted by atomic mass is 16.6. The molecule has 1 aromatic rings. The van der Waals surface area contributed by atoms with Gasteiger partial charge in [0.25, 0.3) is 0 Å². The van der Waals surface area contributed by atoms with E-state index >= 15 is 0 Å². The summed E-state index contributed by atoms with van der Waals surface area (Å²) in [6, 6.07) is 4.83. The van der Waals surface area contributed by atoms with Crippen molar-refractivity contribution in [1.82, 2.24) is 5.32 Å². The lowest BCUT2D eigenvalue weighted by Crippen LogP contribution is -2.33. The zero-order chi connectivity index (χ0) is 16.8. The monoisotopic (exact) mass is 309 g/mol. The second-order valence-electron chi connectivity index (χ2n) is 6.03. The molecular formula is C16H23NO5. The van der Waals surface area contributed by atoms with E-state index in [1.165, 1.54) is 6.07 Å². The van der Waals surface area contributed by atoms with Crippen LogP contribution in [0.5, 0.6) is 5.75 Å². The molecule has 6 heteroatoms. The lowest BCUT2D eigenvalue weighted by molar-refractivity contribution is -0.136. The summed E-state index contributed by atoms with van der Waals surface area (Å²) in [6.45, 7) is 5.70. The summed E-state index contributed by atoms with van der Waals surface area (Å²) >= 11 is 0. The predicted octanol–water partition coefficient (Wildman–Crippen LogP) is 2.48. The van der Waals surface area contributed by atoms with Crippen molar-refractivity contribution >= 4 is 12.1 Å². The number of nitrogens with one attached hydrogen (secondary N) is 1. The van der Waals surface area contributed by atoms with Gasteiger partial charge in [-0.1, -0.05) is 6.07 Å². The fourth-order valence-electron chi connectivity index (χ4n) is 1.94. The summed E-state index contributed by atoms with van der Waals surface area (Å²) in [6.07, 6.45) is 0.400. The van der Waals surface area contributed by atoms with Gasteiger partial charge in [0.1, 0.15) is 11.4 Å². The van der Waals surface area contributed by atoms with Gasteiger partial charge in [-0.25, -0.2) is 4.79 Å². The van der Waals surface area contributed by atoms with E-state index in [2.05, 4.69) is 5.32 Å². The first kappa shape index (κ1) is 17.8. The second-order valence-corrected chi connectivity index (χ2v) is 6.03. The van der Waals surface area contributed by atoms with Crippen LogP contribution in [0, 0.1) is 0 Å². The summed E-state index contributed by atoms with van der Waals surface area (Å²) in [7, 11) is 0. The molecule has 0 unspecified atom stereocenters. The number of carbonyl (C=O) groups is 2. The Morgan fingerprint density at radius 2 is 1.86 bits per heavy atom. The highest BCUT2D eigenvalue weighted by Crippen LogP contribution is 2.18. The van der Waals surface area contributed by atoms with Crippen LogP contribution in [0.3, 0.4) is 0 Å². The Balaban J connectivity index is 2.58. The number of alkyl carbamates (subject to hydrolysis) is 1. The lowest BCUT2D eigenvalue weighted by atomic mass is 10.00. The topological polar surface area (TPSA) is 95.9 Å². The smallest absolute Gasteiger partial charge is 0.407 e. The second kappa shape index (κ2) is 7.68. The van der Waals surface area contributed by atoms with Gasteiger partial charge in [-0.2, -0.15) is 0 Å². The Bertz CT molecular complexity index is 534. The minimum atomic E-state index is -0.870. The highest BCUT2D eigenvalue weighted by molar-refractivity contribution is 5.68. The number of ether oxygens (including phenoxy) is 1. The van der Waals surface area contributed by atoms with Crippen molar-refractivity contribution < 1.29 is 24.5 Å². The molecule has 0 bridgehead atoms. The van der Waals surface area contributed by atoms with Crippen molar-refractivity contribution in [3.05, 3.63) is 29.3 Å². The highest BCUT2D eigenvalue weighted by Gasteiger charge is 2.15. The third-order valence-corrected chi connectivity index (χ3v) is 2.86. The van der Waals surface area contributed by atoms with Crippen molar-refractivity contribution in [2.24, 2.45) is 0 Å². The average molecular weight is 309 g/mol. The lowest BCUT2D eigenvalue weighted by Gasteiger charge is -2.19. The maximum absolute atomic E-state index is 11.6. The van der Waals surface area contributed by atoms with Gasteiger partial charge in [0.15, 0.2) is 0 Å². The third kappa shape index (κ3) is 6.97. The number of hydrogen-bond donors (Lipinski definition) is 3.